The highest BCUT2D eigenvalue weighted by atomic mass is 32.2. The number of rotatable bonds is 5. The van der Waals surface area contributed by atoms with Crippen LogP contribution in [0, 0.1) is 5.41 Å². The topological polar surface area (TPSA) is 30.5 Å². The van der Waals surface area contributed by atoms with Gasteiger partial charge in [0, 0.05) is 37.0 Å². The smallest absolute Gasteiger partial charge is 0.0795 e. The van der Waals surface area contributed by atoms with Crippen LogP contribution in [0.5, 0.6) is 0 Å². The summed E-state index contributed by atoms with van der Waals surface area (Å²) in [6.07, 6.45) is 7.67. The largest absolute Gasteiger partial charge is 0.381 e. The van der Waals surface area contributed by atoms with Gasteiger partial charge in [-0.1, -0.05) is 13.8 Å². The molecule has 122 valence electrons. The molecule has 21 heavy (non-hydrogen) atoms. The molecule has 2 aliphatic heterocycles. The average molecular weight is 314 g/mol. The van der Waals surface area contributed by atoms with Crippen molar-refractivity contribution in [1.29, 1.82) is 0 Å². The van der Waals surface area contributed by atoms with Gasteiger partial charge in [-0.15, -0.1) is 0 Å². The second kappa shape index (κ2) is 6.38. The summed E-state index contributed by atoms with van der Waals surface area (Å²) < 4.78 is 11.9. The van der Waals surface area contributed by atoms with E-state index in [4.69, 9.17) is 9.47 Å². The molecular weight excluding hydrogens is 282 g/mol. The highest BCUT2D eigenvalue weighted by Gasteiger charge is 2.54. The molecule has 0 aromatic heterocycles. The Labute approximate surface area is 133 Å². The van der Waals surface area contributed by atoms with E-state index in [0.717, 1.165) is 6.61 Å². The van der Waals surface area contributed by atoms with Gasteiger partial charge >= 0.3 is 0 Å². The van der Waals surface area contributed by atoms with E-state index < -0.39 is 0 Å². The first-order valence-corrected chi connectivity index (χ1v) is 9.84. The van der Waals surface area contributed by atoms with Crippen molar-refractivity contribution >= 4 is 11.8 Å². The van der Waals surface area contributed by atoms with E-state index in [1.165, 1.54) is 50.0 Å². The standard InChI is InChI=1S/C17H31NO2S/c1-4-17(5-2)14(10-15(17)19-3)18-13-6-8-20-16(11-13)7-9-21-12-16/h13-15,18H,4-12H2,1-3H3/t13-,14-,15-,16+/m1/s1. The van der Waals surface area contributed by atoms with Gasteiger partial charge in [0.05, 0.1) is 11.7 Å². The molecule has 4 atom stereocenters. The average Bonchev–Trinajstić information content (AvgIpc) is 2.92. The zero-order chi connectivity index (χ0) is 14.9. The van der Waals surface area contributed by atoms with Crippen molar-refractivity contribution in [2.24, 2.45) is 5.41 Å². The lowest BCUT2D eigenvalue weighted by Crippen LogP contribution is -2.66. The molecule has 1 N–H and O–H groups in total. The number of ether oxygens (including phenoxy) is 2. The van der Waals surface area contributed by atoms with Crippen molar-refractivity contribution in [1.82, 2.24) is 5.32 Å². The molecule has 0 radical (unpaired) electrons. The van der Waals surface area contributed by atoms with E-state index in [1.54, 1.807) is 0 Å². The lowest BCUT2D eigenvalue weighted by atomic mass is 9.58. The van der Waals surface area contributed by atoms with Crippen LogP contribution in [0.3, 0.4) is 0 Å². The third kappa shape index (κ3) is 2.77. The first-order chi connectivity index (χ1) is 10.2. The molecule has 4 heteroatoms. The summed E-state index contributed by atoms with van der Waals surface area (Å²) in [6.45, 7) is 5.58. The van der Waals surface area contributed by atoms with E-state index in [9.17, 15) is 0 Å². The third-order valence-electron chi connectivity index (χ3n) is 6.38. The molecule has 0 amide bonds. The van der Waals surface area contributed by atoms with Crippen LogP contribution in [0.1, 0.15) is 52.4 Å². The SMILES string of the molecule is CCC1(CC)[C@H](N[C@@H]2CCO[C@@]3(CCSC3)C2)C[C@H]1OC. The highest BCUT2D eigenvalue weighted by Crippen LogP contribution is 2.49. The summed E-state index contributed by atoms with van der Waals surface area (Å²) in [7, 11) is 1.88. The van der Waals surface area contributed by atoms with Crippen LogP contribution in [0.2, 0.25) is 0 Å². The first-order valence-electron chi connectivity index (χ1n) is 8.68. The van der Waals surface area contributed by atoms with Crippen LogP contribution < -0.4 is 5.32 Å². The molecule has 0 aromatic carbocycles. The van der Waals surface area contributed by atoms with Crippen LogP contribution in [-0.4, -0.2) is 49.0 Å². The van der Waals surface area contributed by atoms with Crippen LogP contribution in [0.4, 0.5) is 0 Å². The predicted molar refractivity (Wildman–Crippen MR) is 89.0 cm³/mol. The highest BCUT2D eigenvalue weighted by molar-refractivity contribution is 7.99. The molecule has 2 saturated heterocycles. The fraction of sp³-hybridized carbons (Fsp3) is 1.00. The van der Waals surface area contributed by atoms with Crippen molar-refractivity contribution in [2.75, 3.05) is 25.2 Å². The van der Waals surface area contributed by atoms with Gasteiger partial charge in [0.2, 0.25) is 0 Å². The Morgan fingerprint density at radius 2 is 2.14 bits per heavy atom. The van der Waals surface area contributed by atoms with Gasteiger partial charge in [0.1, 0.15) is 0 Å². The van der Waals surface area contributed by atoms with Crippen LogP contribution in [0.15, 0.2) is 0 Å². The van der Waals surface area contributed by atoms with Crippen LogP contribution in [0.25, 0.3) is 0 Å². The quantitative estimate of drug-likeness (QED) is 0.844. The van der Waals surface area contributed by atoms with Gasteiger partial charge in [-0.3, -0.25) is 0 Å². The summed E-state index contributed by atoms with van der Waals surface area (Å²) in [5.41, 5.74) is 0.538. The van der Waals surface area contributed by atoms with E-state index in [-0.39, 0.29) is 5.60 Å². The van der Waals surface area contributed by atoms with E-state index in [1.807, 2.05) is 7.11 Å². The van der Waals surface area contributed by atoms with Crippen molar-refractivity contribution in [2.45, 2.75) is 76.2 Å². The van der Waals surface area contributed by atoms with E-state index in [0.29, 0.717) is 23.6 Å². The normalized spacial score (nSPS) is 42.1. The summed E-state index contributed by atoms with van der Waals surface area (Å²) in [4.78, 5) is 0. The fourth-order valence-electron chi connectivity index (χ4n) is 4.83. The van der Waals surface area contributed by atoms with Gasteiger partial charge in [0.25, 0.3) is 0 Å². The van der Waals surface area contributed by atoms with Crippen molar-refractivity contribution in [3.8, 4) is 0 Å². The monoisotopic (exact) mass is 313 g/mol. The van der Waals surface area contributed by atoms with Gasteiger partial charge < -0.3 is 14.8 Å². The summed E-state index contributed by atoms with van der Waals surface area (Å²) >= 11 is 2.06. The maximum atomic E-state index is 6.15. The maximum Gasteiger partial charge on any atom is 0.0795 e. The first kappa shape index (κ1) is 16.1. The third-order valence-corrected chi connectivity index (χ3v) is 7.61. The molecule has 3 nitrogen and oxygen atoms in total. The molecule has 0 aromatic rings. The minimum Gasteiger partial charge on any atom is -0.381 e. The molecule has 2 heterocycles. The lowest BCUT2D eigenvalue weighted by molar-refractivity contribution is -0.134. The summed E-state index contributed by atoms with van der Waals surface area (Å²) in [6, 6.07) is 1.27. The number of hydrogen-bond donors (Lipinski definition) is 1. The van der Waals surface area contributed by atoms with Crippen molar-refractivity contribution < 1.29 is 9.47 Å². The fourth-order valence-corrected chi connectivity index (χ4v) is 6.21. The Kier molecular flexibility index (Phi) is 4.90. The second-order valence-corrected chi connectivity index (χ2v) is 8.25. The molecular formula is C17H31NO2S. The molecule has 1 aliphatic carbocycles. The Balaban J connectivity index is 1.61. The van der Waals surface area contributed by atoms with Crippen molar-refractivity contribution in [3.05, 3.63) is 0 Å². The molecule has 1 saturated carbocycles. The maximum absolute atomic E-state index is 6.15. The molecule has 0 unspecified atom stereocenters. The number of hydrogen-bond acceptors (Lipinski definition) is 4. The lowest BCUT2D eigenvalue weighted by Gasteiger charge is -2.57. The van der Waals surface area contributed by atoms with Crippen LogP contribution in [-0.2, 0) is 9.47 Å². The Morgan fingerprint density at radius 1 is 1.33 bits per heavy atom. The predicted octanol–water partition coefficient (Wildman–Crippen LogP) is 3.22. The Bertz CT molecular complexity index is 353. The van der Waals surface area contributed by atoms with Gasteiger partial charge in [-0.2, -0.15) is 11.8 Å². The Morgan fingerprint density at radius 3 is 2.76 bits per heavy atom. The molecule has 3 aliphatic rings. The minimum absolute atomic E-state index is 0.187. The van der Waals surface area contributed by atoms with Gasteiger partial charge in [-0.05, 0) is 44.3 Å². The van der Waals surface area contributed by atoms with Gasteiger partial charge in [0.15, 0.2) is 0 Å². The van der Waals surface area contributed by atoms with E-state index >= 15 is 0 Å². The molecule has 3 rings (SSSR count). The second-order valence-electron chi connectivity index (χ2n) is 7.14. The number of thioether (sulfide) groups is 1. The Hall–Kier alpha value is 0.230. The molecule has 0 bridgehead atoms. The minimum atomic E-state index is 0.187. The number of methoxy groups -OCH3 is 1. The molecule has 1 spiro atoms. The van der Waals surface area contributed by atoms with Crippen LogP contribution >= 0.6 is 11.8 Å². The van der Waals surface area contributed by atoms with E-state index in [2.05, 4.69) is 30.9 Å². The van der Waals surface area contributed by atoms with Crippen molar-refractivity contribution in [3.63, 3.8) is 0 Å². The number of nitrogens with one attached hydrogen (secondary N) is 1. The van der Waals surface area contributed by atoms with Gasteiger partial charge in [-0.25, -0.2) is 0 Å². The summed E-state index contributed by atoms with van der Waals surface area (Å²) in [5.74, 6) is 2.47. The zero-order valence-corrected chi connectivity index (χ0v) is 14.6. The zero-order valence-electron chi connectivity index (χ0n) is 13.8. The molecule has 3 fully saturated rings. The summed E-state index contributed by atoms with van der Waals surface area (Å²) in [5, 5.41) is 3.99.